The Morgan fingerprint density at radius 3 is 2.88 bits per heavy atom. The van der Waals surface area contributed by atoms with Gasteiger partial charge in [0.1, 0.15) is 6.33 Å². The SMILES string of the molecule is COCCNCC(=O)Nc1ccc(Sc2nncn2C)c(Cl)c1.Cl. The topological polar surface area (TPSA) is 81.1 Å². The van der Waals surface area contributed by atoms with Gasteiger partial charge in [-0.15, -0.1) is 22.6 Å². The zero-order valence-electron chi connectivity index (χ0n) is 13.3. The van der Waals surface area contributed by atoms with Gasteiger partial charge in [-0.05, 0) is 30.0 Å². The van der Waals surface area contributed by atoms with E-state index >= 15 is 0 Å². The summed E-state index contributed by atoms with van der Waals surface area (Å²) in [5.74, 6) is -0.133. The largest absolute Gasteiger partial charge is 0.383 e. The van der Waals surface area contributed by atoms with Crippen LogP contribution in [0.4, 0.5) is 5.69 Å². The van der Waals surface area contributed by atoms with E-state index in [-0.39, 0.29) is 24.9 Å². The number of hydrogen-bond donors (Lipinski definition) is 2. The third kappa shape index (κ3) is 6.29. The van der Waals surface area contributed by atoms with Gasteiger partial charge in [-0.2, -0.15) is 0 Å². The number of carbonyl (C=O) groups is 1. The summed E-state index contributed by atoms with van der Waals surface area (Å²) in [6.07, 6.45) is 1.63. The highest BCUT2D eigenvalue weighted by atomic mass is 35.5. The van der Waals surface area contributed by atoms with Gasteiger partial charge in [0.05, 0.1) is 18.2 Å². The summed E-state index contributed by atoms with van der Waals surface area (Å²) in [5.41, 5.74) is 0.649. The second kappa shape index (κ2) is 10.5. The lowest BCUT2D eigenvalue weighted by molar-refractivity contribution is -0.115. The molecule has 0 spiro atoms. The predicted octanol–water partition coefficient (Wildman–Crippen LogP) is 2.22. The first-order valence-electron chi connectivity index (χ1n) is 6.91. The Balaban J connectivity index is 0.00000288. The van der Waals surface area contributed by atoms with Gasteiger partial charge < -0.3 is 19.9 Å². The first-order chi connectivity index (χ1) is 11.1. The molecule has 0 fully saturated rings. The van der Waals surface area contributed by atoms with Crippen LogP contribution in [0, 0.1) is 0 Å². The third-order valence-electron chi connectivity index (χ3n) is 2.86. The van der Waals surface area contributed by atoms with E-state index in [1.807, 2.05) is 17.7 Å². The molecule has 132 valence electrons. The fourth-order valence-corrected chi connectivity index (χ4v) is 2.77. The molecule has 24 heavy (non-hydrogen) atoms. The van der Waals surface area contributed by atoms with Crippen LogP contribution in [0.1, 0.15) is 0 Å². The van der Waals surface area contributed by atoms with E-state index in [0.29, 0.717) is 23.9 Å². The first kappa shape index (κ1) is 20.7. The summed E-state index contributed by atoms with van der Waals surface area (Å²) in [6.45, 7) is 1.40. The van der Waals surface area contributed by atoms with Gasteiger partial charge in [-0.1, -0.05) is 11.6 Å². The van der Waals surface area contributed by atoms with Crippen molar-refractivity contribution in [1.82, 2.24) is 20.1 Å². The summed E-state index contributed by atoms with van der Waals surface area (Å²) < 4.78 is 6.70. The lowest BCUT2D eigenvalue weighted by Crippen LogP contribution is -2.30. The molecule has 0 aliphatic rings. The molecule has 2 aromatic rings. The van der Waals surface area contributed by atoms with Crippen molar-refractivity contribution in [2.75, 3.05) is 32.1 Å². The summed E-state index contributed by atoms with van der Waals surface area (Å²) in [4.78, 5) is 12.6. The standard InChI is InChI=1S/C14H18ClN5O2S.ClH/c1-20-9-17-19-14(20)23-12-4-3-10(7-11(12)15)18-13(21)8-16-5-6-22-2;/h3-4,7,9,16H,5-6,8H2,1-2H3,(H,18,21);1H. The average Bonchev–Trinajstić information content (AvgIpc) is 2.92. The van der Waals surface area contributed by atoms with Crippen LogP contribution in [0.2, 0.25) is 5.02 Å². The van der Waals surface area contributed by atoms with Gasteiger partial charge in [-0.3, -0.25) is 4.79 Å². The maximum Gasteiger partial charge on any atom is 0.238 e. The Bertz CT molecular complexity index is 668. The number of anilines is 1. The molecule has 0 saturated heterocycles. The monoisotopic (exact) mass is 391 g/mol. The molecule has 0 aliphatic heterocycles. The van der Waals surface area contributed by atoms with Crippen LogP contribution >= 0.6 is 35.8 Å². The highest BCUT2D eigenvalue weighted by Gasteiger charge is 2.09. The minimum Gasteiger partial charge on any atom is -0.383 e. The number of nitrogens with zero attached hydrogens (tertiary/aromatic N) is 3. The molecular formula is C14H19Cl2N5O2S. The molecule has 7 nitrogen and oxygen atoms in total. The van der Waals surface area contributed by atoms with Crippen molar-refractivity contribution in [3.63, 3.8) is 0 Å². The van der Waals surface area contributed by atoms with Crippen LogP contribution < -0.4 is 10.6 Å². The van der Waals surface area contributed by atoms with Crippen LogP contribution in [-0.4, -0.2) is 47.5 Å². The molecular weight excluding hydrogens is 373 g/mol. The highest BCUT2D eigenvalue weighted by molar-refractivity contribution is 7.99. The second-order valence-electron chi connectivity index (χ2n) is 4.69. The number of benzene rings is 1. The fourth-order valence-electron chi connectivity index (χ4n) is 1.71. The van der Waals surface area contributed by atoms with Crippen molar-refractivity contribution >= 4 is 47.4 Å². The van der Waals surface area contributed by atoms with Crippen molar-refractivity contribution < 1.29 is 9.53 Å². The number of aryl methyl sites for hydroxylation is 1. The molecule has 0 unspecified atom stereocenters. The lowest BCUT2D eigenvalue weighted by atomic mass is 10.3. The van der Waals surface area contributed by atoms with Crippen LogP contribution in [0.25, 0.3) is 0 Å². The Morgan fingerprint density at radius 2 is 2.25 bits per heavy atom. The Morgan fingerprint density at radius 1 is 1.46 bits per heavy atom. The maximum absolute atomic E-state index is 11.8. The molecule has 2 N–H and O–H groups in total. The molecule has 0 atom stereocenters. The van der Waals surface area contributed by atoms with Crippen LogP contribution in [-0.2, 0) is 16.6 Å². The van der Waals surface area contributed by atoms with E-state index < -0.39 is 0 Å². The molecule has 2 rings (SSSR count). The molecule has 10 heteroatoms. The second-order valence-corrected chi connectivity index (χ2v) is 6.11. The van der Waals surface area contributed by atoms with Gasteiger partial charge in [0, 0.05) is 31.3 Å². The molecule has 0 saturated carbocycles. The van der Waals surface area contributed by atoms with E-state index in [1.54, 1.807) is 25.6 Å². The minimum atomic E-state index is -0.133. The Hall–Kier alpha value is -1.32. The number of rotatable bonds is 8. The number of methoxy groups -OCH3 is 1. The number of aromatic nitrogens is 3. The number of amides is 1. The first-order valence-corrected chi connectivity index (χ1v) is 8.10. The number of hydrogen-bond acceptors (Lipinski definition) is 6. The molecule has 0 aliphatic carbocycles. The van der Waals surface area contributed by atoms with Crippen LogP contribution in [0.3, 0.4) is 0 Å². The number of nitrogens with one attached hydrogen (secondary N) is 2. The van der Waals surface area contributed by atoms with Crippen molar-refractivity contribution in [1.29, 1.82) is 0 Å². The normalized spacial score (nSPS) is 10.3. The zero-order valence-corrected chi connectivity index (χ0v) is 15.7. The van der Waals surface area contributed by atoms with Crippen molar-refractivity contribution in [2.45, 2.75) is 10.1 Å². The van der Waals surface area contributed by atoms with Gasteiger partial charge >= 0.3 is 0 Å². The van der Waals surface area contributed by atoms with Crippen molar-refractivity contribution in [3.05, 3.63) is 29.5 Å². The average molecular weight is 392 g/mol. The molecule has 1 aromatic heterocycles. The Kier molecular flexibility index (Phi) is 9.09. The van der Waals surface area contributed by atoms with Crippen LogP contribution in [0.5, 0.6) is 0 Å². The number of ether oxygens (including phenoxy) is 1. The van der Waals surface area contributed by atoms with E-state index in [2.05, 4.69) is 20.8 Å². The van der Waals surface area contributed by atoms with Gasteiger partial charge in [-0.25, -0.2) is 0 Å². The predicted molar refractivity (Wildman–Crippen MR) is 97.2 cm³/mol. The zero-order chi connectivity index (χ0) is 16.7. The molecule has 1 amide bonds. The molecule has 1 heterocycles. The highest BCUT2D eigenvalue weighted by Crippen LogP contribution is 2.33. The van der Waals surface area contributed by atoms with E-state index in [9.17, 15) is 4.79 Å². The fraction of sp³-hybridized carbons (Fsp3) is 0.357. The van der Waals surface area contributed by atoms with E-state index in [1.165, 1.54) is 11.8 Å². The van der Waals surface area contributed by atoms with Crippen molar-refractivity contribution in [2.24, 2.45) is 7.05 Å². The van der Waals surface area contributed by atoms with Gasteiger partial charge in [0.15, 0.2) is 5.16 Å². The summed E-state index contributed by atoms with van der Waals surface area (Å²) >= 11 is 7.68. The van der Waals surface area contributed by atoms with Crippen LogP contribution in [0.15, 0.2) is 34.6 Å². The summed E-state index contributed by atoms with van der Waals surface area (Å²) in [5, 5.41) is 14.9. The van der Waals surface area contributed by atoms with E-state index in [4.69, 9.17) is 16.3 Å². The summed E-state index contributed by atoms with van der Waals surface area (Å²) in [6, 6.07) is 5.36. The lowest BCUT2D eigenvalue weighted by Gasteiger charge is -2.09. The van der Waals surface area contributed by atoms with Gasteiger partial charge in [0.25, 0.3) is 0 Å². The minimum absolute atomic E-state index is 0. The third-order valence-corrected chi connectivity index (χ3v) is 4.41. The quantitative estimate of drug-likeness (QED) is 0.671. The summed E-state index contributed by atoms with van der Waals surface area (Å²) in [7, 11) is 3.48. The van der Waals surface area contributed by atoms with Crippen molar-refractivity contribution in [3.8, 4) is 0 Å². The number of halogens is 2. The molecule has 1 aromatic carbocycles. The Labute approximate surface area is 155 Å². The van der Waals surface area contributed by atoms with Gasteiger partial charge in [0.2, 0.25) is 5.91 Å². The smallest absolute Gasteiger partial charge is 0.238 e. The number of carbonyl (C=O) groups excluding carboxylic acids is 1. The maximum atomic E-state index is 11.8. The molecule has 0 bridgehead atoms. The molecule has 0 radical (unpaired) electrons. The van der Waals surface area contributed by atoms with E-state index in [0.717, 1.165) is 10.1 Å².